The predicted molar refractivity (Wildman–Crippen MR) is 19.1 cm³/mol. The van der Waals surface area contributed by atoms with Crippen molar-refractivity contribution in [2.24, 2.45) is 0 Å². The van der Waals surface area contributed by atoms with Gasteiger partial charge in [0, 0.05) is 0 Å². The standard InChI is InChI=1S/2Ca.ClH.H3O4P/c;;;1-5(2,3)4/h;;1H;(H3,1,2,3,4)/q2*+2;;/p-4. The summed E-state index contributed by atoms with van der Waals surface area (Å²) < 4.78 is 8.55. The van der Waals surface area contributed by atoms with E-state index in [1.165, 1.54) is 0 Å². The first kappa shape index (κ1) is 22.4. The SMILES string of the molecule is O=P([O-])([O-])[O-].[Ca+2].[Ca+2].[Cl-]. The van der Waals surface area contributed by atoms with Crippen LogP contribution in [-0.4, -0.2) is 75.5 Å². The molecule has 40 valence electrons. The molecule has 0 spiro atoms. The minimum absolute atomic E-state index is 0. The quantitative estimate of drug-likeness (QED) is 0.294. The monoisotopic (exact) mass is 210 g/mol. The fraction of sp³-hybridized carbons (Fsp3) is 0. The molecule has 0 aliphatic carbocycles. The normalized spacial score (nSPS) is 7.38. The van der Waals surface area contributed by atoms with E-state index >= 15 is 0 Å². The molecule has 0 bridgehead atoms. The average Bonchev–Trinajstić information content (AvgIpc) is 0.722. The van der Waals surface area contributed by atoms with Crippen LogP contribution in [0, 0.1) is 0 Å². The van der Waals surface area contributed by atoms with Crippen LogP contribution in [0.4, 0.5) is 0 Å². The molecule has 0 aliphatic heterocycles. The summed E-state index contributed by atoms with van der Waals surface area (Å²) >= 11 is 0. The fourth-order valence-corrected chi connectivity index (χ4v) is 0. The second-order valence-electron chi connectivity index (χ2n) is 0.447. The summed E-state index contributed by atoms with van der Waals surface area (Å²) in [5, 5.41) is 0. The molecule has 8 heavy (non-hydrogen) atoms. The fourth-order valence-electron chi connectivity index (χ4n) is 0. The molecule has 0 fully saturated rings. The van der Waals surface area contributed by atoms with Gasteiger partial charge in [0.1, 0.15) is 0 Å². The van der Waals surface area contributed by atoms with Gasteiger partial charge >= 0.3 is 75.5 Å². The zero-order chi connectivity index (χ0) is 4.50. The van der Waals surface area contributed by atoms with Crippen molar-refractivity contribution in [3.05, 3.63) is 0 Å². The molecule has 4 nitrogen and oxygen atoms in total. The van der Waals surface area contributed by atoms with Gasteiger partial charge in [-0.15, -0.1) is 0 Å². The molecule has 0 rings (SSSR count). The Morgan fingerprint density at radius 3 is 1.00 bits per heavy atom. The summed E-state index contributed by atoms with van der Waals surface area (Å²) in [6, 6.07) is 0. The molecule has 0 aromatic rings. The molecule has 8 heteroatoms. The Hall–Kier alpha value is 2.92. The molecular weight excluding hydrogens is 211 g/mol. The summed E-state index contributed by atoms with van der Waals surface area (Å²) in [7, 11) is -5.39. The Balaban J connectivity index is -0.0000000267. The maximum absolute atomic E-state index is 8.55. The van der Waals surface area contributed by atoms with E-state index in [1.54, 1.807) is 0 Å². The maximum Gasteiger partial charge on any atom is 2.00 e. The molecule has 0 amide bonds. The van der Waals surface area contributed by atoms with Crippen LogP contribution in [0.2, 0.25) is 0 Å². The van der Waals surface area contributed by atoms with E-state index in [1.807, 2.05) is 0 Å². The predicted octanol–water partition coefficient (Wildman–Crippen LogP) is -6.58. The van der Waals surface area contributed by atoms with Crippen LogP contribution in [0.15, 0.2) is 0 Å². The Labute approximate surface area is 113 Å². The summed E-state index contributed by atoms with van der Waals surface area (Å²) in [4.78, 5) is 25.6. The minimum atomic E-state index is -5.39. The molecule has 0 heterocycles. The van der Waals surface area contributed by atoms with Crippen molar-refractivity contribution in [1.82, 2.24) is 0 Å². The van der Waals surface area contributed by atoms with Gasteiger partial charge in [0.25, 0.3) is 0 Å². The van der Waals surface area contributed by atoms with Crippen LogP contribution < -0.4 is 27.1 Å². The van der Waals surface area contributed by atoms with Gasteiger partial charge in [-0.3, -0.25) is 0 Å². The van der Waals surface area contributed by atoms with Crippen molar-refractivity contribution in [2.45, 2.75) is 0 Å². The van der Waals surface area contributed by atoms with Gasteiger partial charge in [-0.2, -0.15) is 7.82 Å². The van der Waals surface area contributed by atoms with Crippen LogP contribution >= 0.6 is 7.82 Å². The number of phosphoric acid groups is 1. The first-order valence-corrected chi connectivity index (χ1v) is 2.19. The minimum Gasteiger partial charge on any atom is -1.00 e. The molecule has 0 atom stereocenters. The summed E-state index contributed by atoms with van der Waals surface area (Å²) in [5.74, 6) is 0. The third kappa shape index (κ3) is 65.6. The van der Waals surface area contributed by atoms with Crippen LogP contribution in [0.3, 0.4) is 0 Å². The Morgan fingerprint density at radius 2 is 1.00 bits per heavy atom. The van der Waals surface area contributed by atoms with Crippen molar-refractivity contribution in [2.75, 3.05) is 0 Å². The smallest absolute Gasteiger partial charge is 1.00 e. The van der Waals surface area contributed by atoms with E-state index in [-0.39, 0.29) is 87.9 Å². The average molecular weight is 211 g/mol. The Morgan fingerprint density at radius 1 is 1.00 bits per heavy atom. The van der Waals surface area contributed by atoms with Crippen LogP contribution in [0.25, 0.3) is 0 Å². The van der Waals surface area contributed by atoms with Crippen molar-refractivity contribution >= 4 is 83.3 Å². The van der Waals surface area contributed by atoms with E-state index in [9.17, 15) is 0 Å². The molecule has 0 saturated carbocycles. The van der Waals surface area contributed by atoms with E-state index < -0.39 is 7.82 Å². The van der Waals surface area contributed by atoms with Crippen LogP contribution in [0.5, 0.6) is 0 Å². The van der Waals surface area contributed by atoms with Gasteiger partial charge in [-0.25, -0.2) is 0 Å². The first-order chi connectivity index (χ1) is 2.00. The van der Waals surface area contributed by atoms with Gasteiger partial charge in [-0.1, -0.05) is 0 Å². The zero-order valence-electron chi connectivity index (χ0n) is 3.87. The van der Waals surface area contributed by atoms with Gasteiger partial charge in [0.15, 0.2) is 0 Å². The molecule has 0 N–H and O–H groups in total. The van der Waals surface area contributed by atoms with Crippen LogP contribution in [0.1, 0.15) is 0 Å². The zero-order valence-corrected chi connectivity index (χ0v) is 9.94. The van der Waals surface area contributed by atoms with Gasteiger partial charge in [-0.05, 0) is 0 Å². The molecule has 0 aromatic heterocycles. The van der Waals surface area contributed by atoms with Gasteiger partial charge in [0.05, 0.1) is 0 Å². The van der Waals surface area contributed by atoms with E-state index in [4.69, 9.17) is 19.2 Å². The summed E-state index contributed by atoms with van der Waals surface area (Å²) in [6.45, 7) is 0. The molecule has 0 aromatic carbocycles. The number of rotatable bonds is 0. The molecule has 0 radical (unpaired) electrons. The largest absolute Gasteiger partial charge is 2.00 e. The van der Waals surface area contributed by atoms with Crippen molar-refractivity contribution in [3.63, 3.8) is 0 Å². The van der Waals surface area contributed by atoms with Crippen LogP contribution in [-0.2, 0) is 4.57 Å². The molecule has 0 unspecified atom stereocenters. The van der Waals surface area contributed by atoms with Gasteiger partial charge < -0.3 is 31.7 Å². The number of hydrogen-bond donors (Lipinski definition) is 0. The maximum atomic E-state index is 8.55. The third-order valence-corrected chi connectivity index (χ3v) is 0. The molecule has 0 aliphatic rings. The summed E-state index contributed by atoms with van der Waals surface area (Å²) in [5.41, 5.74) is 0. The summed E-state index contributed by atoms with van der Waals surface area (Å²) in [6.07, 6.45) is 0. The number of halogens is 1. The third-order valence-electron chi connectivity index (χ3n) is 0. The second kappa shape index (κ2) is 9.92. The Kier molecular flexibility index (Phi) is 27.8. The van der Waals surface area contributed by atoms with E-state index in [2.05, 4.69) is 0 Å². The van der Waals surface area contributed by atoms with E-state index in [0.717, 1.165) is 0 Å². The van der Waals surface area contributed by atoms with Gasteiger partial charge in [0.2, 0.25) is 0 Å². The topological polar surface area (TPSA) is 86.2 Å². The Bertz CT molecular complexity index is 60.2. The van der Waals surface area contributed by atoms with Crippen molar-refractivity contribution < 1.29 is 31.7 Å². The van der Waals surface area contributed by atoms with E-state index in [0.29, 0.717) is 0 Å². The first-order valence-electron chi connectivity index (χ1n) is 0.730. The van der Waals surface area contributed by atoms with Crippen molar-refractivity contribution in [3.8, 4) is 0 Å². The van der Waals surface area contributed by atoms with Crippen molar-refractivity contribution in [1.29, 1.82) is 0 Å². The number of hydrogen-bond acceptors (Lipinski definition) is 4. The molecular formula is Ca2ClO4P. The molecule has 0 saturated heterocycles. The second-order valence-corrected chi connectivity index (χ2v) is 1.34.